The summed E-state index contributed by atoms with van der Waals surface area (Å²) in [4.78, 5) is 0. The number of para-hydroxylation sites is 1. The van der Waals surface area contributed by atoms with Crippen molar-refractivity contribution in [3.05, 3.63) is 90.5 Å². The molecule has 0 amide bonds. The first kappa shape index (κ1) is 17.7. The monoisotopic (exact) mass is 376 g/mol. The van der Waals surface area contributed by atoms with Gasteiger partial charge in [0.25, 0.3) is 0 Å². The fourth-order valence-electron chi connectivity index (χ4n) is 4.16. The van der Waals surface area contributed by atoms with E-state index in [1.165, 1.54) is 32.3 Å². The molecule has 0 aliphatic rings. The van der Waals surface area contributed by atoms with Gasteiger partial charge in [-0.15, -0.1) is 0 Å². The average Bonchev–Trinajstić information content (AvgIpc) is 2.78. The first-order valence-corrected chi connectivity index (χ1v) is 10.4. The van der Waals surface area contributed by atoms with Gasteiger partial charge in [-0.1, -0.05) is 86.1 Å². The molecule has 5 aromatic rings. The lowest BCUT2D eigenvalue weighted by atomic mass is 9.92. The van der Waals surface area contributed by atoms with Gasteiger partial charge in [0.15, 0.2) is 0 Å². The molecule has 0 unspecified atom stereocenters. The number of hydrogen-bond acceptors (Lipinski definition) is 2. The Balaban J connectivity index is 1.62. The van der Waals surface area contributed by atoms with Crippen LogP contribution >= 0.6 is 0 Å². The summed E-state index contributed by atoms with van der Waals surface area (Å²) in [6.45, 7) is 3.14. The zero-order valence-corrected chi connectivity index (χ0v) is 16.7. The fraction of sp³-hybridized carbons (Fsp3) is 0.148. The van der Waals surface area contributed by atoms with Crippen molar-refractivity contribution in [2.24, 2.45) is 5.10 Å². The molecule has 0 spiro atoms. The summed E-state index contributed by atoms with van der Waals surface area (Å²) < 4.78 is 0. The zero-order valence-electron chi connectivity index (χ0n) is 16.7. The minimum absolute atomic E-state index is 0.919. The molecule has 0 aromatic heterocycles. The SMILES string of the molecule is CCCCN(N=Cc1ccc2ccc3cccc4ccc1c2c34)c1ccccc1. The van der Waals surface area contributed by atoms with E-state index < -0.39 is 0 Å². The number of unbranched alkanes of at least 4 members (excludes halogenated alkanes) is 1. The van der Waals surface area contributed by atoms with E-state index in [1.807, 2.05) is 12.3 Å². The number of rotatable bonds is 6. The molecule has 5 rings (SSSR count). The van der Waals surface area contributed by atoms with Crippen LogP contribution in [0.15, 0.2) is 90.0 Å². The maximum Gasteiger partial charge on any atom is 0.0593 e. The summed E-state index contributed by atoms with van der Waals surface area (Å²) in [5, 5.41) is 14.8. The lowest BCUT2D eigenvalue weighted by Crippen LogP contribution is -2.17. The largest absolute Gasteiger partial charge is 0.266 e. The maximum absolute atomic E-state index is 4.89. The fourth-order valence-corrected chi connectivity index (χ4v) is 4.16. The molecule has 142 valence electrons. The van der Waals surface area contributed by atoms with Crippen LogP contribution in [0.5, 0.6) is 0 Å². The number of anilines is 1. The molecule has 0 bridgehead atoms. The average molecular weight is 377 g/mol. The Morgan fingerprint density at radius 3 is 2.17 bits per heavy atom. The summed E-state index contributed by atoms with van der Waals surface area (Å²) >= 11 is 0. The van der Waals surface area contributed by atoms with Gasteiger partial charge in [-0.3, -0.25) is 5.01 Å². The molecule has 0 radical (unpaired) electrons. The van der Waals surface area contributed by atoms with Crippen LogP contribution in [0.3, 0.4) is 0 Å². The minimum Gasteiger partial charge on any atom is -0.266 e. The van der Waals surface area contributed by atoms with Crippen molar-refractivity contribution < 1.29 is 0 Å². The van der Waals surface area contributed by atoms with Gasteiger partial charge < -0.3 is 0 Å². The molecule has 0 N–H and O–H groups in total. The van der Waals surface area contributed by atoms with Crippen LogP contribution < -0.4 is 5.01 Å². The predicted octanol–water partition coefficient (Wildman–Crippen LogP) is 7.22. The highest BCUT2D eigenvalue weighted by Crippen LogP contribution is 2.35. The van der Waals surface area contributed by atoms with Gasteiger partial charge in [-0.05, 0) is 50.9 Å². The van der Waals surface area contributed by atoms with Gasteiger partial charge in [0.05, 0.1) is 11.9 Å². The van der Waals surface area contributed by atoms with Crippen molar-refractivity contribution in [1.29, 1.82) is 0 Å². The van der Waals surface area contributed by atoms with Crippen molar-refractivity contribution in [3.8, 4) is 0 Å². The van der Waals surface area contributed by atoms with Gasteiger partial charge in [0.2, 0.25) is 0 Å². The second kappa shape index (κ2) is 7.56. The Morgan fingerprint density at radius 2 is 1.41 bits per heavy atom. The Labute approximate surface area is 171 Å². The Kier molecular flexibility index (Phi) is 4.61. The van der Waals surface area contributed by atoms with Crippen LogP contribution in [-0.2, 0) is 0 Å². The van der Waals surface area contributed by atoms with E-state index in [1.54, 1.807) is 0 Å². The summed E-state index contributed by atoms with van der Waals surface area (Å²) in [7, 11) is 0. The van der Waals surface area contributed by atoms with E-state index in [0.29, 0.717) is 0 Å². The highest BCUT2D eigenvalue weighted by Gasteiger charge is 2.10. The lowest BCUT2D eigenvalue weighted by Gasteiger charge is -2.19. The molecule has 0 aliphatic heterocycles. The van der Waals surface area contributed by atoms with Crippen LogP contribution in [0.1, 0.15) is 25.3 Å². The predicted molar refractivity (Wildman–Crippen MR) is 126 cm³/mol. The van der Waals surface area contributed by atoms with Crippen LogP contribution in [0.4, 0.5) is 5.69 Å². The minimum atomic E-state index is 0.919. The molecule has 0 heterocycles. The summed E-state index contributed by atoms with van der Waals surface area (Å²) in [5.74, 6) is 0. The van der Waals surface area contributed by atoms with Crippen molar-refractivity contribution in [2.45, 2.75) is 19.8 Å². The summed E-state index contributed by atoms with van der Waals surface area (Å²) in [6.07, 6.45) is 4.29. The highest BCUT2D eigenvalue weighted by atomic mass is 15.4. The molecule has 0 aliphatic carbocycles. The number of hydrogen-bond donors (Lipinski definition) is 0. The Morgan fingerprint density at radius 1 is 0.724 bits per heavy atom. The third-order valence-electron chi connectivity index (χ3n) is 5.68. The molecule has 0 saturated heterocycles. The lowest BCUT2D eigenvalue weighted by molar-refractivity contribution is 0.741. The highest BCUT2D eigenvalue weighted by molar-refractivity contribution is 6.25. The normalized spacial score (nSPS) is 11.9. The topological polar surface area (TPSA) is 15.6 Å². The van der Waals surface area contributed by atoms with Crippen molar-refractivity contribution in [1.82, 2.24) is 0 Å². The smallest absolute Gasteiger partial charge is 0.0593 e. The van der Waals surface area contributed by atoms with Gasteiger partial charge in [-0.25, -0.2) is 0 Å². The van der Waals surface area contributed by atoms with Crippen molar-refractivity contribution in [2.75, 3.05) is 11.6 Å². The molecule has 2 nitrogen and oxygen atoms in total. The molecule has 0 fully saturated rings. The van der Waals surface area contributed by atoms with E-state index in [4.69, 9.17) is 5.10 Å². The standard InChI is InChI=1S/C27H24N2/c1-2-3-18-29(24-10-5-4-6-11-24)28-19-23-15-14-22-13-12-20-8-7-9-21-16-17-25(23)27(22)26(20)21/h4-17,19H,2-3,18H2,1H3. The van der Waals surface area contributed by atoms with Crippen LogP contribution in [0, 0.1) is 0 Å². The number of benzene rings is 5. The van der Waals surface area contributed by atoms with Gasteiger partial charge in [0, 0.05) is 12.1 Å². The number of nitrogens with zero attached hydrogens (tertiary/aromatic N) is 2. The molecular weight excluding hydrogens is 352 g/mol. The van der Waals surface area contributed by atoms with E-state index in [9.17, 15) is 0 Å². The van der Waals surface area contributed by atoms with Crippen molar-refractivity contribution >= 4 is 44.2 Å². The molecular formula is C27H24N2. The number of hydrazone groups is 1. The summed E-state index contributed by atoms with van der Waals surface area (Å²) in [6, 6.07) is 30.3. The Bertz CT molecular complexity index is 1270. The third-order valence-corrected chi connectivity index (χ3v) is 5.68. The van der Waals surface area contributed by atoms with E-state index in [2.05, 4.69) is 90.8 Å². The molecule has 0 atom stereocenters. The molecule has 5 aromatic carbocycles. The van der Waals surface area contributed by atoms with Crippen LogP contribution in [0.2, 0.25) is 0 Å². The van der Waals surface area contributed by atoms with Crippen LogP contribution in [-0.4, -0.2) is 12.8 Å². The quantitative estimate of drug-likeness (QED) is 0.173. The zero-order chi connectivity index (χ0) is 19.6. The summed E-state index contributed by atoms with van der Waals surface area (Å²) in [5.41, 5.74) is 2.29. The first-order valence-electron chi connectivity index (χ1n) is 10.4. The second-order valence-electron chi connectivity index (χ2n) is 7.57. The Hall–Kier alpha value is -3.39. The maximum atomic E-state index is 4.89. The van der Waals surface area contributed by atoms with Gasteiger partial charge >= 0.3 is 0 Å². The second-order valence-corrected chi connectivity index (χ2v) is 7.57. The van der Waals surface area contributed by atoms with Crippen molar-refractivity contribution in [3.63, 3.8) is 0 Å². The van der Waals surface area contributed by atoms with Gasteiger partial charge in [-0.2, -0.15) is 5.10 Å². The molecule has 0 saturated carbocycles. The van der Waals surface area contributed by atoms with E-state index in [0.717, 1.165) is 30.6 Å². The molecule has 2 heteroatoms. The van der Waals surface area contributed by atoms with E-state index in [-0.39, 0.29) is 0 Å². The van der Waals surface area contributed by atoms with E-state index >= 15 is 0 Å². The third kappa shape index (κ3) is 3.21. The first-order chi connectivity index (χ1) is 14.3. The van der Waals surface area contributed by atoms with Gasteiger partial charge in [0.1, 0.15) is 0 Å². The molecule has 29 heavy (non-hydrogen) atoms. The van der Waals surface area contributed by atoms with Crippen LogP contribution in [0.25, 0.3) is 32.3 Å².